The van der Waals surface area contributed by atoms with Crippen LogP contribution in [0.3, 0.4) is 0 Å². The van der Waals surface area contributed by atoms with E-state index in [1.165, 1.54) is 6.20 Å². The predicted molar refractivity (Wildman–Crippen MR) is 145 cm³/mol. The smallest absolute Gasteiger partial charge is 0.269 e. The van der Waals surface area contributed by atoms with Gasteiger partial charge in [-0.25, -0.2) is 21.2 Å². The zero-order chi connectivity index (χ0) is 28.4. The molecular formula is C26H31F2N7O4S. The Bertz CT molecular complexity index is 1590. The largest absolute Gasteiger partial charge is 0.477 e. The van der Waals surface area contributed by atoms with Crippen LogP contribution in [0.15, 0.2) is 47.6 Å². The number of benzene rings is 1. The first-order valence-electron chi connectivity index (χ1n) is 12.9. The quantitative estimate of drug-likeness (QED) is 0.303. The first-order valence-corrected chi connectivity index (χ1v) is 14.4. The van der Waals surface area contributed by atoms with Crippen molar-refractivity contribution in [2.24, 2.45) is 0 Å². The van der Waals surface area contributed by atoms with Gasteiger partial charge in [-0.3, -0.25) is 9.58 Å². The van der Waals surface area contributed by atoms with Gasteiger partial charge in [-0.2, -0.15) is 15.1 Å². The number of rotatable bonds is 10. The van der Waals surface area contributed by atoms with Gasteiger partial charge in [-0.15, -0.1) is 0 Å². The van der Waals surface area contributed by atoms with Crippen LogP contribution in [0.1, 0.15) is 18.2 Å². The van der Waals surface area contributed by atoms with Crippen molar-refractivity contribution in [3.8, 4) is 5.88 Å². The van der Waals surface area contributed by atoms with Crippen LogP contribution in [0.25, 0.3) is 11.0 Å². The number of hydrogen-bond acceptors (Lipinski definition) is 9. The zero-order valence-corrected chi connectivity index (χ0v) is 23.2. The van der Waals surface area contributed by atoms with Crippen LogP contribution in [-0.4, -0.2) is 82.4 Å². The number of aromatic nitrogens is 5. The van der Waals surface area contributed by atoms with E-state index in [9.17, 15) is 17.2 Å². The summed E-state index contributed by atoms with van der Waals surface area (Å²) < 4.78 is 66.7. The van der Waals surface area contributed by atoms with E-state index in [0.29, 0.717) is 37.3 Å². The number of alkyl halides is 2. The van der Waals surface area contributed by atoms with E-state index in [2.05, 4.69) is 20.4 Å². The highest BCUT2D eigenvalue weighted by Crippen LogP contribution is 2.30. The Morgan fingerprint density at radius 1 is 1.15 bits per heavy atom. The minimum atomic E-state index is -3.93. The highest BCUT2D eigenvalue weighted by molar-refractivity contribution is 7.90. The minimum absolute atomic E-state index is 0.138. The molecule has 1 N–H and O–H groups in total. The molecule has 40 heavy (non-hydrogen) atoms. The van der Waals surface area contributed by atoms with Crippen LogP contribution >= 0.6 is 0 Å². The molecular weight excluding hydrogens is 544 g/mol. The molecule has 0 aliphatic carbocycles. The van der Waals surface area contributed by atoms with Gasteiger partial charge in [0.25, 0.3) is 16.4 Å². The Balaban J connectivity index is 1.40. The highest BCUT2D eigenvalue weighted by Gasteiger charge is 2.28. The van der Waals surface area contributed by atoms with Gasteiger partial charge < -0.3 is 14.8 Å². The van der Waals surface area contributed by atoms with Crippen molar-refractivity contribution in [2.45, 2.75) is 44.7 Å². The number of nitrogens with zero attached hydrogens (tertiary/aromatic N) is 6. The summed E-state index contributed by atoms with van der Waals surface area (Å²) in [6.07, 6.45) is -0.539. The number of ether oxygens (including phenoxy) is 2. The lowest BCUT2D eigenvalue weighted by Crippen LogP contribution is -2.46. The number of fused-ring (bicyclic) bond motifs is 1. The summed E-state index contributed by atoms with van der Waals surface area (Å²) in [6.45, 7) is 7.93. The van der Waals surface area contributed by atoms with Crippen molar-refractivity contribution in [3.05, 3.63) is 54.0 Å². The summed E-state index contributed by atoms with van der Waals surface area (Å²) in [5, 5.41) is 8.02. The fourth-order valence-corrected chi connectivity index (χ4v) is 5.82. The maximum Gasteiger partial charge on any atom is 0.269 e. The Labute approximate surface area is 230 Å². The molecule has 11 nitrogen and oxygen atoms in total. The summed E-state index contributed by atoms with van der Waals surface area (Å²) in [7, 11) is -3.93. The van der Waals surface area contributed by atoms with Crippen molar-refractivity contribution >= 4 is 32.7 Å². The number of hydrogen-bond donors (Lipinski definition) is 1. The molecule has 1 aliphatic heterocycles. The summed E-state index contributed by atoms with van der Waals surface area (Å²) in [6, 6.07) is 8.21. The molecule has 1 fully saturated rings. The van der Waals surface area contributed by atoms with Crippen LogP contribution < -0.4 is 10.1 Å². The standard InChI is InChI=1S/C26H31F2N7O4S/c1-4-38-25-20-9-10-35(40(36,37)19-7-5-17(2)6-8-19)24(20)31-26(32-25)30-21-15-29-34(18(21)3)12-11-33-13-14-39-22(16-33)23(27)28/h5-10,15,22-23H,4,11-14,16H2,1-3H3,(H,30,31,32). The number of halogens is 2. The predicted octanol–water partition coefficient (Wildman–Crippen LogP) is 3.59. The topological polar surface area (TPSA) is 116 Å². The second-order valence-electron chi connectivity index (χ2n) is 9.49. The number of aryl methyl sites for hydroxylation is 1. The molecule has 0 spiro atoms. The molecule has 4 heterocycles. The van der Waals surface area contributed by atoms with Gasteiger partial charge in [0.15, 0.2) is 5.65 Å². The van der Waals surface area contributed by atoms with Gasteiger partial charge in [0, 0.05) is 25.8 Å². The van der Waals surface area contributed by atoms with Gasteiger partial charge in [-0.1, -0.05) is 17.7 Å². The Hall–Kier alpha value is -3.62. The molecule has 14 heteroatoms. The zero-order valence-electron chi connectivity index (χ0n) is 22.4. The molecule has 3 aromatic heterocycles. The van der Waals surface area contributed by atoms with E-state index in [-0.39, 0.29) is 35.5 Å². The first kappa shape index (κ1) is 27.9. The summed E-state index contributed by atoms with van der Waals surface area (Å²) in [5.41, 5.74) is 2.52. The average Bonchev–Trinajstić information content (AvgIpc) is 3.52. The molecule has 4 aromatic rings. The maximum atomic E-state index is 13.5. The normalized spacial score (nSPS) is 16.6. The summed E-state index contributed by atoms with van der Waals surface area (Å²) in [4.78, 5) is 11.1. The van der Waals surface area contributed by atoms with E-state index in [4.69, 9.17) is 9.47 Å². The Kier molecular flexibility index (Phi) is 8.01. The third-order valence-electron chi connectivity index (χ3n) is 6.77. The molecule has 1 aromatic carbocycles. The molecule has 214 valence electrons. The maximum absolute atomic E-state index is 13.5. The molecule has 1 saturated heterocycles. The van der Waals surface area contributed by atoms with Crippen molar-refractivity contribution < 1.29 is 26.7 Å². The van der Waals surface area contributed by atoms with Crippen molar-refractivity contribution in [3.63, 3.8) is 0 Å². The molecule has 0 bridgehead atoms. The summed E-state index contributed by atoms with van der Waals surface area (Å²) >= 11 is 0. The highest BCUT2D eigenvalue weighted by atomic mass is 32.2. The average molecular weight is 576 g/mol. The summed E-state index contributed by atoms with van der Waals surface area (Å²) in [5.74, 6) is 0.393. The van der Waals surface area contributed by atoms with Crippen LogP contribution in [0, 0.1) is 13.8 Å². The lowest BCUT2D eigenvalue weighted by Gasteiger charge is -2.32. The van der Waals surface area contributed by atoms with Crippen molar-refractivity contribution in [1.82, 2.24) is 28.6 Å². The molecule has 1 atom stereocenters. The van der Waals surface area contributed by atoms with Crippen molar-refractivity contribution in [1.29, 1.82) is 0 Å². The van der Waals surface area contributed by atoms with Gasteiger partial charge >= 0.3 is 0 Å². The monoisotopic (exact) mass is 575 g/mol. The van der Waals surface area contributed by atoms with Crippen LogP contribution in [0.5, 0.6) is 5.88 Å². The molecule has 5 rings (SSSR count). The van der Waals surface area contributed by atoms with Gasteiger partial charge in [-0.05, 0) is 39.0 Å². The van der Waals surface area contributed by atoms with Crippen LogP contribution in [0.4, 0.5) is 20.4 Å². The van der Waals surface area contributed by atoms with E-state index in [0.717, 1.165) is 15.2 Å². The number of nitrogens with one attached hydrogen (secondary N) is 1. The Morgan fingerprint density at radius 2 is 1.93 bits per heavy atom. The lowest BCUT2D eigenvalue weighted by molar-refractivity contribution is -0.102. The van der Waals surface area contributed by atoms with E-state index >= 15 is 0 Å². The molecule has 0 radical (unpaired) electrons. The SMILES string of the molecule is CCOc1nc(Nc2cnn(CCN3CCOC(C(F)F)C3)c2C)nc2c1ccn2S(=O)(=O)c1ccc(C)cc1. The van der Waals surface area contributed by atoms with Gasteiger partial charge in [0.05, 0.1) is 47.6 Å². The van der Waals surface area contributed by atoms with Gasteiger partial charge in [0.1, 0.15) is 6.10 Å². The fourth-order valence-electron chi connectivity index (χ4n) is 4.52. The van der Waals surface area contributed by atoms with Gasteiger partial charge in [0.2, 0.25) is 11.8 Å². The fraction of sp³-hybridized carbons (Fsp3) is 0.423. The van der Waals surface area contributed by atoms with Crippen molar-refractivity contribution in [2.75, 3.05) is 38.2 Å². The Morgan fingerprint density at radius 3 is 2.65 bits per heavy atom. The number of morpholine rings is 1. The van der Waals surface area contributed by atoms with E-state index in [1.807, 2.05) is 25.7 Å². The second-order valence-corrected chi connectivity index (χ2v) is 11.3. The third-order valence-corrected chi connectivity index (χ3v) is 8.45. The molecule has 0 saturated carbocycles. The van der Waals surface area contributed by atoms with E-state index < -0.39 is 22.6 Å². The van der Waals surface area contributed by atoms with Crippen LogP contribution in [-0.2, 0) is 21.3 Å². The third kappa shape index (κ3) is 5.64. The lowest BCUT2D eigenvalue weighted by atomic mass is 10.2. The molecule has 1 unspecified atom stereocenters. The molecule has 1 aliphatic rings. The minimum Gasteiger partial charge on any atom is -0.477 e. The first-order chi connectivity index (χ1) is 19.2. The second kappa shape index (κ2) is 11.5. The van der Waals surface area contributed by atoms with Crippen LogP contribution in [0.2, 0.25) is 0 Å². The number of anilines is 2. The van der Waals surface area contributed by atoms with E-state index in [1.54, 1.807) is 41.2 Å². The molecule has 0 amide bonds.